The number of fused-ring (bicyclic) bond motifs is 2. The summed E-state index contributed by atoms with van der Waals surface area (Å²) in [6, 6.07) is 14.6. The minimum absolute atomic E-state index is 0.103. The summed E-state index contributed by atoms with van der Waals surface area (Å²) in [5.74, 6) is 2.03. The van der Waals surface area contributed by atoms with Crippen molar-refractivity contribution < 1.29 is 9.47 Å². The van der Waals surface area contributed by atoms with Crippen molar-refractivity contribution in [3.05, 3.63) is 59.2 Å². The molecule has 0 bridgehead atoms. The molecule has 1 aliphatic carbocycles. The summed E-state index contributed by atoms with van der Waals surface area (Å²) >= 11 is 6.45. The number of ether oxygens (including phenoxy) is 2. The zero-order chi connectivity index (χ0) is 12.8. The third kappa shape index (κ3) is 1.71. The Morgan fingerprint density at radius 3 is 2.63 bits per heavy atom. The quantitative estimate of drug-likeness (QED) is 0.723. The molecule has 3 heteroatoms. The molecule has 0 fully saturated rings. The van der Waals surface area contributed by atoms with Crippen LogP contribution in [0.25, 0.3) is 0 Å². The fraction of sp³-hybridized carbons (Fsp3) is 0.250. The van der Waals surface area contributed by atoms with Crippen molar-refractivity contribution in [1.29, 1.82) is 0 Å². The lowest BCUT2D eigenvalue weighted by Gasteiger charge is -2.12. The van der Waals surface area contributed by atoms with Crippen molar-refractivity contribution in [3.8, 4) is 11.5 Å². The van der Waals surface area contributed by atoms with Gasteiger partial charge in [0.2, 0.25) is 6.79 Å². The first-order valence-corrected chi connectivity index (χ1v) is 6.89. The maximum absolute atomic E-state index is 6.45. The summed E-state index contributed by atoms with van der Waals surface area (Å²) in [5.41, 5.74) is 3.84. The number of benzene rings is 2. The van der Waals surface area contributed by atoms with Gasteiger partial charge in [0.15, 0.2) is 11.5 Å². The Morgan fingerprint density at radius 1 is 0.947 bits per heavy atom. The zero-order valence-electron chi connectivity index (χ0n) is 10.3. The van der Waals surface area contributed by atoms with Gasteiger partial charge in [0.05, 0.1) is 5.38 Å². The molecule has 0 radical (unpaired) electrons. The highest BCUT2D eigenvalue weighted by molar-refractivity contribution is 6.21. The molecule has 0 saturated heterocycles. The summed E-state index contributed by atoms with van der Waals surface area (Å²) in [4.78, 5) is 0. The largest absolute Gasteiger partial charge is 0.454 e. The smallest absolute Gasteiger partial charge is 0.231 e. The monoisotopic (exact) mass is 272 g/mol. The van der Waals surface area contributed by atoms with Crippen molar-refractivity contribution in [2.75, 3.05) is 6.79 Å². The molecule has 1 aliphatic heterocycles. The summed E-state index contributed by atoms with van der Waals surface area (Å²) in [6.45, 7) is 0.318. The van der Waals surface area contributed by atoms with Crippen LogP contribution in [-0.2, 0) is 0 Å². The molecule has 2 nitrogen and oxygen atoms in total. The van der Waals surface area contributed by atoms with Crippen LogP contribution in [0.4, 0.5) is 0 Å². The first-order valence-electron chi connectivity index (χ1n) is 6.45. The van der Waals surface area contributed by atoms with Gasteiger partial charge in [-0.25, -0.2) is 0 Å². The van der Waals surface area contributed by atoms with Gasteiger partial charge < -0.3 is 9.47 Å². The average Bonchev–Trinajstić information content (AvgIpc) is 3.03. The van der Waals surface area contributed by atoms with Gasteiger partial charge in [0.1, 0.15) is 0 Å². The van der Waals surface area contributed by atoms with E-state index in [0.717, 1.165) is 17.9 Å². The lowest BCUT2D eigenvalue weighted by Crippen LogP contribution is -1.96. The normalized spacial score (nSPS) is 23.4. The molecule has 0 saturated carbocycles. The molecule has 0 aromatic heterocycles. The van der Waals surface area contributed by atoms with E-state index in [1.165, 1.54) is 16.7 Å². The minimum atomic E-state index is 0.103. The van der Waals surface area contributed by atoms with Crippen LogP contribution in [0.3, 0.4) is 0 Å². The van der Waals surface area contributed by atoms with Crippen LogP contribution >= 0.6 is 11.6 Å². The number of halogens is 1. The van der Waals surface area contributed by atoms with Gasteiger partial charge in [-0.2, -0.15) is 0 Å². The van der Waals surface area contributed by atoms with E-state index in [2.05, 4.69) is 36.4 Å². The summed E-state index contributed by atoms with van der Waals surface area (Å²) in [7, 11) is 0. The Hall–Kier alpha value is -1.67. The standard InChI is InChI=1S/C16H13ClO2/c17-14-8-13(11-3-1-2-4-12(11)14)10-5-6-15-16(7-10)19-9-18-15/h1-7,13-14H,8-9H2/t13-,14-/m1/s1. The van der Waals surface area contributed by atoms with Gasteiger partial charge in [-0.05, 0) is 35.2 Å². The van der Waals surface area contributed by atoms with E-state index in [0.29, 0.717) is 12.7 Å². The number of hydrogen-bond acceptors (Lipinski definition) is 2. The number of alkyl halides is 1. The molecule has 2 aromatic rings. The first kappa shape index (κ1) is 11.2. The second-order valence-electron chi connectivity index (χ2n) is 5.00. The Balaban J connectivity index is 1.78. The van der Waals surface area contributed by atoms with Crippen LogP contribution in [0.2, 0.25) is 0 Å². The van der Waals surface area contributed by atoms with Crippen molar-refractivity contribution in [3.63, 3.8) is 0 Å². The molecule has 2 atom stereocenters. The molecule has 0 N–H and O–H groups in total. The van der Waals surface area contributed by atoms with Crippen molar-refractivity contribution >= 4 is 11.6 Å². The molecule has 2 aromatic carbocycles. The average molecular weight is 273 g/mol. The van der Waals surface area contributed by atoms with Crippen molar-refractivity contribution in [2.24, 2.45) is 0 Å². The van der Waals surface area contributed by atoms with Gasteiger partial charge in [-0.1, -0.05) is 30.3 Å². The lowest BCUT2D eigenvalue weighted by molar-refractivity contribution is 0.174. The summed E-state index contributed by atoms with van der Waals surface area (Å²) < 4.78 is 10.8. The molecule has 0 unspecified atom stereocenters. The van der Waals surface area contributed by atoms with E-state index >= 15 is 0 Å². The van der Waals surface area contributed by atoms with Crippen molar-refractivity contribution in [2.45, 2.75) is 17.7 Å². The maximum atomic E-state index is 6.45. The zero-order valence-corrected chi connectivity index (χ0v) is 11.1. The first-order chi connectivity index (χ1) is 9.33. The molecule has 0 spiro atoms. The second kappa shape index (κ2) is 4.17. The van der Waals surface area contributed by atoms with E-state index < -0.39 is 0 Å². The second-order valence-corrected chi connectivity index (χ2v) is 5.52. The highest BCUT2D eigenvalue weighted by Crippen LogP contribution is 2.48. The molecule has 96 valence electrons. The molecule has 4 rings (SSSR count). The van der Waals surface area contributed by atoms with E-state index in [4.69, 9.17) is 21.1 Å². The highest BCUT2D eigenvalue weighted by Gasteiger charge is 2.31. The van der Waals surface area contributed by atoms with Crippen LogP contribution in [0, 0.1) is 0 Å². The Morgan fingerprint density at radius 2 is 1.74 bits per heavy atom. The van der Waals surface area contributed by atoms with E-state index in [-0.39, 0.29) is 5.38 Å². The van der Waals surface area contributed by atoms with E-state index in [9.17, 15) is 0 Å². The molecular formula is C16H13ClO2. The van der Waals surface area contributed by atoms with Crippen molar-refractivity contribution in [1.82, 2.24) is 0 Å². The molecule has 0 amide bonds. The van der Waals surface area contributed by atoms with E-state index in [1.54, 1.807) is 0 Å². The van der Waals surface area contributed by atoms with Gasteiger partial charge in [-0.3, -0.25) is 0 Å². The fourth-order valence-corrected chi connectivity index (χ4v) is 3.40. The highest BCUT2D eigenvalue weighted by atomic mass is 35.5. The topological polar surface area (TPSA) is 18.5 Å². The minimum Gasteiger partial charge on any atom is -0.454 e. The van der Waals surface area contributed by atoms with Crippen LogP contribution in [0.15, 0.2) is 42.5 Å². The number of rotatable bonds is 1. The van der Waals surface area contributed by atoms with Gasteiger partial charge in [-0.15, -0.1) is 11.6 Å². The van der Waals surface area contributed by atoms with Crippen LogP contribution in [0.1, 0.15) is 34.4 Å². The Kier molecular flexibility index (Phi) is 2.46. The number of hydrogen-bond donors (Lipinski definition) is 0. The predicted octanol–water partition coefficient (Wildman–Crippen LogP) is 4.23. The fourth-order valence-electron chi connectivity index (χ4n) is 3.02. The van der Waals surface area contributed by atoms with Crippen LogP contribution in [-0.4, -0.2) is 6.79 Å². The van der Waals surface area contributed by atoms with Gasteiger partial charge >= 0.3 is 0 Å². The predicted molar refractivity (Wildman–Crippen MR) is 74.1 cm³/mol. The summed E-state index contributed by atoms with van der Waals surface area (Å²) in [6.07, 6.45) is 0.945. The molecule has 19 heavy (non-hydrogen) atoms. The van der Waals surface area contributed by atoms with E-state index in [1.807, 2.05) is 6.07 Å². The SMILES string of the molecule is Cl[C@@H]1C[C@H](c2ccc3c(c2)OCO3)c2ccccc21. The molecule has 2 aliphatic rings. The lowest BCUT2D eigenvalue weighted by atomic mass is 9.93. The third-order valence-electron chi connectivity index (χ3n) is 3.95. The molecular weight excluding hydrogens is 260 g/mol. The molecule has 1 heterocycles. The van der Waals surface area contributed by atoms with Crippen LogP contribution in [0.5, 0.6) is 11.5 Å². The third-order valence-corrected chi connectivity index (χ3v) is 4.36. The van der Waals surface area contributed by atoms with Crippen LogP contribution < -0.4 is 9.47 Å². The Labute approximate surface area is 116 Å². The summed E-state index contributed by atoms with van der Waals surface area (Å²) in [5, 5.41) is 0.103. The Bertz CT molecular complexity index is 638. The maximum Gasteiger partial charge on any atom is 0.231 e. The van der Waals surface area contributed by atoms with Gasteiger partial charge in [0, 0.05) is 5.92 Å². The van der Waals surface area contributed by atoms with Gasteiger partial charge in [0.25, 0.3) is 0 Å².